The number of anilines is 1. The number of halogens is 1. The van der Waals surface area contributed by atoms with Crippen LogP contribution in [0.25, 0.3) is 0 Å². The lowest BCUT2D eigenvalue weighted by atomic mass is 10.2. The molecule has 122 valence electrons. The first-order valence-corrected chi connectivity index (χ1v) is 8.20. The molecule has 2 aromatic carbocycles. The smallest absolute Gasteiger partial charge is 0.224 e. The highest BCUT2D eigenvalue weighted by atomic mass is 79.9. The first kappa shape index (κ1) is 17.3. The molecule has 0 aromatic heterocycles. The number of nitrogens with one attached hydrogen (secondary N) is 1. The lowest BCUT2D eigenvalue weighted by Gasteiger charge is -2.09. The number of aryl methyl sites for hydroxylation is 1. The van der Waals surface area contributed by atoms with Gasteiger partial charge < -0.3 is 14.8 Å². The maximum atomic E-state index is 11.9. The number of hydrogen-bond acceptors (Lipinski definition) is 3. The second-order valence-corrected chi connectivity index (χ2v) is 6.01. The van der Waals surface area contributed by atoms with Crippen LogP contribution in [-0.2, 0) is 4.79 Å². The van der Waals surface area contributed by atoms with Crippen molar-refractivity contribution in [3.8, 4) is 11.5 Å². The molecule has 2 aromatic rings. The van der Waals surface area contributed by atoms with E-state index in [9.17, 15) is 4.79 Å². The third-order valence-corrected chi connectivity index (χ3v) is 3.93. The van der Waals surface area contributed by atoms with Crippen molar-refractivity contribution in [1.82, 2.24) is 0 Å². The Hall–Kier alpha value is -2.01. The van der Waals surface area contributed by atoms with Crippen LogP contribution in [0.1, 0.15) is 18.4 Å². The number of amides is 1. The van der Waals surface area contributed by atoms with Gasteiger partial charge in [-0.25, -0.2) is 0 Å². The van der Waals surface area contributed by atoms with E-state index in [2.05, 4.69) is 21.2 Å². The second kappa shape index (κ2) is 8.58. The number of methoxy groups -OCH3 is 1. The van der Waals surface area contributed by atoms with Crippen LogP contribution in [-0.4, -0.2) is 19.6 Å². The summed E-state index contributed by atoms with van der Waals surface area (Å²) in [6, 6.07) is 13.2. The van der Waals surface area contributed by atoms with Crippen molar-refractivity contribution in [2.45, 2.75) is 19.8 Å². The van der Waals surface area contributed by atoms with E-state index >= 15 is 0 Å². The van der Waals surface area contributed by atoms with Gasteiger partial charge >= 0.3 is 0 Å². The molecule has 1 amide bonds. The van der Waals surface area contributed by atoms with Gasteiger partial charge in [-0.15, -0.1) is 0 Å². The van der Waals surface area contributed by atoms with Gasteiger partial charge in [0.1, 0.15) is 11.5 Å². The lowest BCUT2D eigenvalue weighted by Crippen LogP contribution is -2.13. The minimum absolute atomic E-state index is 0.0205. The SMILES string of the molecule is COc1ccc(OCCCC(=O)Nc2ccc(C)cc2Br)cc1. The normalized spacial score (nSPS) is 10.2. The van der Waals surface area contributed by atoms with Crippen LogP contribution in [0.4, 0.5) is 5.69 Å². The molecular weight excluding hydrogens is 358 g/mol. The topological polar surface area (TPSA) is 47.6 Å². The fourth-order valence-corrected chi connectivity index (χ4v) is 2.62. The maximum Gasteiger partial charge on any atom is 0.224 e. The van der Waals surface area contributed by atoms with Gasteiger partial charge in [0, 0.05) is 10.9 Å². The Kier molecular flexibility index (Phi) is 6.47. The Morgan fingerprint density at radius 2 is 1.83 bits per heavy atom. The summed E-state index contributed by atoms with van der Waals surface area (Å²) in [4.78, 5) is 11.9. The first-order chi connectivity index (χ1) is 11.1. The van der Waals surface area contributed by atoms with Crippen LogP contribution in [0.2, 0.25) is 0 Å². The third kappa shape index (κ3) is 5.60. The van der Waals surface area contributed by atoms with Crippen LogP contribution in [0.3, 0.4) is 0 Å². The van der Waals surface area contributed by atoms with Crippen LogP contribution in [0.15, 0.2) is 46.9 Å². The standard InChI is InChI=1S/C18H20BrNO3/c1-13-5-10-17(16(19)12-13)20-18(21)4-3-11-23-15-8-6-14(22-2)7-9-15/h5-10,12H,3-4,11H2,1-2H3,(H,20,21). The average molecular weight is 378 g/mol. The molecule has 0 aliphatic carbocycles. The predicted molar refractivity (Wildman–Crippen MR) is 95.2 cm³/mol. The van der Waals surface area contributed by atoms with Crippen molar-refractivity contribution in [3.05, 3.63) is 52.5 Å². The molecule has 0 fully saturated rings. The largest absolute Gasteiger partial charge is 0.497 e. The Morgan fingerprint density at radius 1 is 1.13 bits per heavy atom. The second-order valence-electron chi connectivity index (χ2n) is 5.16. The van der Waals surface area contributed by atoms with Crippen LogP contribution in [0, 0.1) is 6.92 Å². The number of rotatable bonds is 7. The molecular formula is C18H20BrNO3. The zero-order chi connectivity index (χ0) is 16.7. The highest BCUT2D eigenvalue weighted by molar-refractivity contribution is 9.10. The van der Waals surface area contributed by atoms with Gasteiger partial charge in [-0.2, -0.15) is 0 Å². The monoisotopic (exact) mass is 377 g/mol. The van der Waals surface area contributed by atoms with E-state index < -0.39 is 0 Å². The lowest BCUT2D eigenvalue weighted by molar-refractivity contribution is -0.116. The Morgan fingerprint density at radius 3 is 2.48 bits per heavy atom. The van der Waals surface area contributed by atoms with Crippen molar-refractivity contribution in [2.75, 3.05) is 19.0 Å². The summed E-state index contributed by atoms with van der Waals surface area (Å²) >= 11 is 3.45. The van der Waals surface area contributed by atoms with Crippen molar-refractivity contribution < 1.29 is 14.3 Å². The summed E-state index contributed by atoms with van der Waals surface area (Å²) < 4.78 is 11.6. The van der Waals surface area contributed by atoms with E-state index in [0.29, 0.717) is 19.4 Å². The van der Waals surface area contributed by atoms with E-state index in [1.165, 1.54) is 0 Å². The molecule has 0 radical (unpaired) electrons. The van der Waals surface area contributed by atoms with E-state index in [1.54, 1.807) is 7.11 Å². The molecule has 0 saturated heterocycles. The number of carbonyl (C=O) groups is 1. The molecule has 1 N–H and O–H groups in total. The average Bonchev–Trinajstić information content (AvgIpc) is 2.55. The number of benzene rings is 2. The maximum absolute atomic E-state index is 11.9. The van der Waals surface area contributed by atoms with Gasteiger partial charge in [-0.1, -0.05) is 6.07 Å². The molecule has 5 heteroatoms. The summed E-state index contributed by atoms with van der Waals surface area (Å²) in [7, 11) is 1.63. The Balaban J connectivity index is 1.72. The van der Waals surface area contributed by atoms with Crippen molar-refractivity contribution in [1.29, 1.82) is 0 Å². The summed E-state index contributed by atoms with van der Waals surface area (Å²) in [5.74, 6) is 1.54. The van der Waals surface area contributed by atoms with Gasteiger partial charge in [0.15, 0.2) is 0 Å². The number of carbonyl (C=O) groups excluding carboxylic acids is 1. The third-order valence-electron chi connectivity index (χ3n) is 3.28. The fourth-order valence-electron chi connectivity index (χ4n) is 2.03. The Bertz CT molecular complexity index is 656. The van der Waals surface area contributed by atoms with Crippen LogP contribution >= 0.6 is 15.9 Å². The van der Waals surface area contributed by atoms with Crippen molar-refractivity contribution in [3.63, 3.8) is 0 Å². The first-order valence-electron chi connectivity index (χ1n) is 7.41. The van der Waals surface area contributed by atoms with Gasteiger partial charge in [0.25, 0.3) is 0 Å². The fraction of sp³-hybridized carbons (Fsp3) is 0.278. The quantitative estimate of drug-likeness (QED) is 0.719. The molecule has 0 heterocycles. The zero-order valence-electron chi connectivity index (χ0n) is 13.3. The van der Waals surface area contributed by atoms with Crippen molar-refractivity contribution >= 4 is 27.5 Å². The minimum atomic E-state index is -0.0205. The summed E-state index contributed by atoms with van der Waals surface area (Å²) in [5.41, 5.74) is 1.93. The molecule has 0 aliphatic rings. The molecule has 23 heavy (non-hydrogen) atoms. The van der Waals surface area contributed by atoms with Gasteiger partial charge in [-0.05, 0) is 71.2 Å². The highest BCUT2D eigenvalue weighted by Gasteiger charge is 2.06. The van der Waals surface area contributed by atoms with E-state index in [-0.39, 0.29) is 5.91 Å². The van der Waals surface area contributed by atoms with E-state index in [4.69, 9.17) is 9.47 Å². The van der Waals surface area contributed by atoms with Gasteiger partial charge in [0.05, 0.1) is 19.4 Å². The molecule has 0 spiro atoms. The van der Waals surface area contributed by atoms with Gasteiger partial charge in [-0.3, -0.25) is 4.79 Å². The summed E-state index contributed by atoms with van der Waals surface area (Å²) in [5, 5.41) is 2.89. The molecule has 0 saturated carbocycles. The molecule has 2 rings (SSSR count). The van der Waals surface area contributed by atoms with E-state index in [1.807, 2.05) is 49.4 Å². The molecule has 0 bridgehead atoms. The molecule has 0 aliphatic heterocycles. The van der Waals surface area contributed by atoms with E-state index in [0.717, 1.165) is 27.2 Å². The number of hydrogen-bond donors (Lipinski definition) is 1. The highest BCUT2D eigenvalue weighted by Crippen LogP contribution is 2.23. The Labute approximate surface area is 144 Å². The predicted octanol–water partition coefficient (Wildman–Crippen LogP) is 4.56. The van der Waals surface area contributed by atoms with Gasteiger partial charge in [0.2, 0.25) is 5.91 Å². The summed E-state index contributed by atoms with van der Waals surface area (Å²) in [6.45, 7) is 2.50. The molecule has 0 atom stereocenters. The van der Waals surface area contributed by atoms with Crippen molar-refractivity contribution in [2.24, 2.45) is 0 Å². The summed E-state index contributed by atoms with van der Waals surface area (Å²) in [6.07, 6.45) is 1.07. The minimum Gasteiger partial charge on any atom is -0.497 e. The van der Waals surface area contributed by atoms with Crippen LogP contribution in [0.5, 0.6) is 11.5 Å². The molecule has 4 nitrogen and oxygen atoms in total. The zero-order valence-corrected chi connectivity index (χ0v) is 14.9. The molecule has 0 unspecified atom stereocenters. The van der Waals surface area contributed by atoms with Crippen LogP contribution < -0.4 is 14.8 Å². The number of ether oxygens (including phenoxy) is 2.